The van der Waals surface area contributed by atoms with Gasteiger partial charge in [-0.25, -0.2) is 0 Å². The van der Waals surface area contributed by atoms with Gasteiger partial charge in [0.25, 0.3) is 0 Å². The standard InChI is InChI=1S/C10H14ClNO2/c1-6(12)7-4-5-8(13-2)10(14-3)9(7)11/h4-6H,12H2,1-3H3. The first-order valence-corrected chi connectivity index (χ1v) is 4.65. The number of benzene rings is 1. The molecule has 0 aliphatic carbocycles. The van der Waals surface area contributed by atoms with Crippen LogP contribution in [0.1, 0.15) is 18.5 Å². The Balaban J connectivity index is 3.27. The number of halogens is 1. The SMILES string of the molecule is COc1ccc(C(C)N)c(Cl)c1OC. The van der Waals surface area contributed by atoms with Crippen molar-refractivity contribution in [3.05, 3.63) is 22.7 Å². The fourth-order valence-electron chi connectivity index (χ4n) is 1.26. The largest absolute Gasteiger partial charge is 0.493 e. The fourth-order valence-corrected chi connectivity index (χ4v) is 1.66. The summed E-state index contributed by atoms with van der Waals surface area (Å²) in [6.07, 6.45) is 0. The van der Waals surface area contributed by atoms with E-state index in [0.29, 0.717) is 16.5 Å². The van der Waals surface area contributed by atoms with Crippen LogP contribution in [0, 0.1) is 0 Å². The van der Waals surface area contributed by atoms with Gasteiger partial charge in [-0.05, 0) is 18.6 Å². The Morgan fingerprint density at radius 1 is 1.29 bits per heavy atom. The average Bonchev–Trinajstić information content (AvgIpc) is 2.16. The second-order valence-electron chi connectivity index (χ2n) is 2.99. The minimum absolute atomic E-state index is 0.123. The zero-order chi connectivity index (χ0) is 10.7. The van der Waals surface area contributed by atoms with Crippen molar-refractivity contribution in [3.63, 3.8) is 0 Å². The maximum absolute atomic E-state index is 6.10. The first-order chi connectivity index (χ1) is 6.61. The van der Waals surface area contributed by atoms with Crippen LogP contribution in [0.2, 0.25) is 5.02 Å². The molecule has 78 valence electrons. The van der Waals surface area contributed by atoms with E-state index in [1.165, 1.54) is 0 Å². The molecule has 1 aromatic rings. The number of ether oxygens (including phenoxy) is 2. The van der Waals surface area contributed by atoms with Gasteiger partial charge >= 0.3 is 0 Å². The Labute approximate surface area is 88.8 Å². The van der Waals surface area contributed by atoms with Crippen LogP contribution in [0.5, 0.6) is 11.5 Å². The summed E-state index contributed by atoms with van der Waals surface area (Å²) in [4.78, 5) is 0. The van der Waals surface area contributed by atoms with Gasteiger partial charge in [-0.15, -0.1) is 0 Å². The summed E-state index contributed by atoms with van der Waals surface area (Å²) in [5, 5.41) is 0.516. The molecule has 0 aromatic heterocycles. The quantitative estimate of drug-likeness (QED) is 0.842. The molecule has 1 atom stereocenters. The molecule has 0 spiro atoms. The third-order valence-corrected chi connectivity index (χ3v) is 2.40. The Hall–Kier alpha value is -0.930. The smallest absolute Gasteiger partial charge is 0.179 e. The van der Waals surface area contributed by atoms with Gasteiger partial charge in [-0.1, -0.05) is 17.7 Å². The van der Waals surface area contributed by atoms with Crippen molar-refractivity contribution in [2.75, 3.05) is 14.2 Å². The van der Waals surface area contributed by atoms with Gasteiger partial charge in [0.15, 0.2) is 11.5 Å². The van der Waals surface area contributed by atoms with Gasteiger partial charge in [0.1, 0.15) is 0 Å². The van der Waals surface area contributed by atoms with Crippen molar-refractivity contribution >= 4 is 11.6 Å². The average molecular weight is 216 g/mol. The van der Waals surface area contributed by atoms with Crippen LogP contribution in [0.4, 0.5) is 0 Å². The fraction of sp³-hybridized carbons (Fsp3) is 0.400. The molecular formula is C10H14ClNO2. The molecule has 3 nitrogen and oxygen atoms in total. The topological polar surface area (TPSA) is 44.5 Å². The molecule has 0 heterocycles. The summed E-state index contributed by atoms with van der Waals surface area (Å²) in [5.74, 6) is 1.14. The summed E-state index contributed by atoms with van der Waals surface area (Å²) >= 11 is 6.10. The third-order valence-electron chi connectivity index (χ3n) is 2.01. The van der Waals surface area contributed by atoms with Crippen molar-refractivity contribution < 1.29 is 9.47 Å². The number of methoxy groups -OCH3 is 2. The molecule has 4 heteroatoms. The molecular weight excluding hydrogens is 202 g/mol. The van der Waals surface area contributed by atoms with Gasteiger partial charge in [0.05, 0.1) is 19.2 Å². The second kappa shape index (κ2) is 4.53. The number of hydrogen-bond donors (Lipinski definition) is 1. The highest BCUT2D eigenvalue weighted by Crippen LogP contribution is 2.38. The first-order valence-electron chi connectivity index (χ1n) is 4.27. The van der Waals surface area contributed by atoms with Crippen LogP contribution in [0.25, 0.3) is 0 Å². The molecule has 2 N–H and O–H groups in total. The van der Waals surface area contributed by atoms with Gasteiger partial charge in [-0.3, -0.25) is 0 Å². The molecule has 0 radical (unpaired) electrons. The predicted octanol–water partition coefficient (Wildman–Crippen LogP) is 2.38. The molecule has 0 bridgehead atoms. The summed E-state index contributed by atoms with van der Waals surface area (Å²) in [5.41, 5.74) is 6.60. The van der Waals surface area contributed by atoms with E-state index < -0.39 is 0 Å². The van der Waals surface area contributed by atoms with Gasteiger partial charge in [0, 0.05) is 6.04 Å². The summed E-state index contributed by atoms with van der Waals surface area (Å²) in [6, 6.07) is 3.51. The van der Waals surface area contributed by atoms with E-state index in [-0.39, 0.29) is 6.04 Å². The van der Waals surface area contributed by atoms with Crippen molar-refractivity contribution in [1.82, 2.24) is 0 Å². The van der Waals surface area contributed by atoms with E-state index in [9.17, 15) is 0 Å². The molecule has 0 aliphatic rings. The molecule has 0 fully saturated rings. The normalized spacial score (nSPS) is 12.4. The van der Waals surface area contributed by atoms with Crippen LogP contribution >= 0.6 is 11.6 Å². The molecule has 0 saturated carbocycles. The predicted molar refractivity (Wildman–Crippen MR) is 57.2 cm³/mol. The highest BCUT2D eigenvalue weighted by molar-refractivity contribution is 6.33. The van der Waals surface area contributed by atoms with Gasteiger partial charge in [0.2, 0.25) is 0 Å². The van der Waals surface area contributed by atoms with E-state index in [4.69, 9.17) is 26.8 Å². The van der Waals surface area contributed by atoms with E-state index >= 15 is 0 Å². The number of rotatable bonds is 3. The van der Waals surface area contributed by atoms with Crippen LogP contribution in [0.3, 0.4) is 0 Å². The Morgan fingerprint density at radius 2 is 1.93 bits per heavy atom. The van der Waals surface area contributed by atoms with E-state index in [0.717, 1.165) is 5.56 Å². The van der Waals surface area contributed by atoms with Crippen LogP contribution in [-0.2, 0) is 0 Å². The molecule has 0 saturated heterocycles. The summed E-state index contributed by atoms with van der Waals surface area (Å²) in [6.45, 7) is 1.87. The monoisotopic (exact) mass is 215 g/mol. The van der Waals surface area contributed by atoms with Crippen LogP contribution < -0.4 is 15.2 Å². The summed E-state index contributed by atoms with van der Waals surface area (Å²) in [7, 11) is 3.12. The zero-order valence-electron chi connectivity index (χ0n) is 8.50. The summed E-state index contributed by atoms with van der Waals surface area (Å²) < 4.78 is 10.2. The van der Waals surface area contributed by atoms with Crippen LogP contribution in [0.15, 0.2) is 12.1 Å². The van der Waals surface area contributed by atoms with E-state index in [1.54, 1.807) is 20.3 Å². The van der Waals surface area contributed by atoms with Crippen molar-refractivity contribution in [1.29, 1.82) is 0 Å². The van der Waals surface area contributed by atoms with Gasteiger partial charge in [-0.2, -0.15) is 0 Å². The molecule has 1 unspecified atom stereocenters. The third kappa shape index (κ3) is 1.94. The van der Waals surface area contributed by atoms with E-state index in [1.807, 2.05) is 13.0 Å². The lowest BCUT2D eigenvalue weighted by Crippen LogP contribution is -2.06. The Bertz CT molecular complexity index is 326. The molecule has 0 amide bonds. The maximum Gasteiger partial charge on any atom is 0.179 e. The van der Waals surface area contributed by atoms with Crippen molar-refractivity contribution in [3.8, 4) is 11.5 Å². The molecule has 1 aromatic carbocycles. The Morgan fingerprint density at radius 3 is 2.36 bits per heavy atom. The second-order valence-corrected chi connectivity index (χ2v) is 3.37. The van der Waals surface area contributed by atoms with Crippen LogP contribution in [-0.4, -0.2) is 14.2 Å². The highest BCUT2D eigenvalue weighted by atomic mass is 35.5. The lowest BCUT2D eigenvalue weighted by Gasteiger charge is -2.14. The minimum atomic E-state index is -0.123. The lowest BCUT2D eigenvalue weighted by molar-refractivity contribution is 0.354. The molecule has 1 rings (SSSR count). The van der Waals surface area contributed by atoms with Crippen molar-refractivity contribution in [2.24, 2.45) is 5.73 Å². The first kappa shape index (κ1) is 11.1. The Kier molecular flexibility index (Phi) is 3.61. The molecule has 0 aliphatic heterocycles. The van der Waals surface area contributed by atoms with E-state index in [2.05, 4.69) is 0 Å². The zero-order valence-corrected chi connectivity index (χ0v) is 9.26. The molecule has 14 heavy (non-hydrogen) atoms. The lowest BCUT2D eigenvalue weighted by atomic mass is 10.1. The van der Waals surface area contributed by atoms with Crippen molar-refractivity contribution in [2.45, 2.75) is 13.0 Å². The minimum Gasteiger partial charge on any atom is -0.493 e. The number of hydrogen-bond acceptors (Lipinski definition) is 3. The van der Waals surface area contributed by atoms with Gasteiger partial charge < -0.3 is 15.2 Å². The number of nitrogens with two attached hydrogens (primary N) is 1. The maximum atomic E-state index is 6.10. The highest BCUT2D eigenvalue weighted by Gasteiger charge is 2.14.